The molecule has 0 spiro atoms. The van der Waals surface area contributed by atoms with Crippen molar-refractivity contribution >= 4 is 47.2 Å². The van der Waals surface area contributed by atoms with Gasteiger partial charge in [0.1, 0.15) is 0 Å². The van der Waals surface area contributed by atoms with Crippen LogP contribution < -0.4 is 15.1 Å². The smallest absolute Gasteiger partial charge is 0.222 e. The highest BCUT2D eigenvalue weighted by Crippen LogP contribution is 2.38. The predicted molar refractivity (Wildman–Crippen MR) is 150 cm³/mol. The van der Waals surface area contributed by atoms with E-state index in [4.69, 9.17) is 0 Å². The minimum Gasteiger partial charge on any atom is -0.364 e. The zero-order valence-electron chi connectivity index (χ0n) is 19.8. The van der Waals surface area contributed by atoms with Crippen molar-refractivity contribution in [2.24, 2.45) is 4.99 Å². The number of guanidine groups is 1. The molecule has 0 radical (unpaired) electrons. The summed E-state index contributed by atoms with van der Waals surface area (Å²) in [6.45, 7) is 5.36. The molecule has 6 nitrogen and oxygen atoms in total. The largest absolute Gasteiger partial charge is 0.364 e. The van der Waals surface area contributed by atoms with Crippen LogP contribution in [0.1, 0.15) is 36.3 Å². The van der Waals surface area contributed by atoms with Gasteiger partial charge in [-0.25, -0.2) is 0 Å². The minimum atomic E-state index is 0. The second-order valence-electron chi connectivity index (χ2n) is 9.08. The second kappa shape index (κ2) is 11.3. The van der Waals surface area contributed by atoms with Crippen molar-refractivity contribution in [3.63, 3.8) is 0 Å². The number of likely N-dealkylation sites (tertiary alicyclic amines) is 1. The number of benzene rings is 2. The van der Waals surface area contributed by atoms with E-state index < -0.39 is 0 Å². The average molecular weight is 572 g/mol. The van der Waals surface area contributed by atoms with Gasteiger partial charge in [-0.15, -0.1) is 24.0 Å². The minimum absolute atomic E-state index is 0. The zero-order chi connectivity index (χ0) is 22.6. The number of nitrogens with one attached hydrogen (secondary N) is 1. The van der Waals surface area contributed by atoms with E-state index >= 15 is 0 Å². The van der Waals surface area contributed by atoms with Gasteiger partial charge < -0.3 is 20.0 Å². The number of rotatable bonds is 6. The number of hydrogen-bond donors (Lipinski definition) is 1. The molecule has 7 heteroatoms. The summed E-state index contributed by atoms with van der Waals surface area (Å²) in [5.41, 5.74) is 5.08. The van der Waals surface area contributed by atoms with Crippen LogP contribution in [0.25, 0.3) is 0 Å². The summed E-state index contributed by atoms with van der Waals surface area (Å²) in [5, 5.41) is 3.57. The third-order valence-corrected chi connectivity index (χ3v) is 7.03. The third-order valence-electron chi connectivity index (χ3n) is 7.03. The SMILES string of the molecule is CN=C(NCc1ccc(N2CC=CC2)cc1)N1CC(CCN2CCCC2=O)c2ccccc21.I. The lowest BCUT2D eigenvalue weighted by Crippen LogP contribution is -2.40. The highest BCUT2D eigenvalue weighted by molar-refractivity contribution is 14.0. The summed E-state index contributed by atoms with van der Waals surface area (Å²) in [6, 6.07) is 17.4. The number of carbonyl (C=O) groups excluding carboxylic acids is 1. The van der Waals surface area contributed by atoms with Gasteiger partial charge in [-0.1, -0.05) is 42.5 Å². The second-order valence-corrected chi connectivity index (χ2v) is 9.08. The molecule has 1 amide bonds. The number of para-hydroxylation sites is 1. The Balaban J connectivity index is 0.00000274. The molecule has 2 aromatic carbocycles. The quantitative estimate of drug-likeness (QED) is 0.242. The molecular weight excluding hydrogens is 537 g/mol. The summed E-state index contributed by atoms with van der Waals surface area (Å²) in [7, 11) is 1.85. The topological polar surface area (TPSA) is 51.2 Å². The van der Waals surface area contributed by atoms with E-state index in [1.54, 1.807) is 0 Å². The Kier molecular flexibility index (Phi) is 8.13. The molecular formula is C27H34IN5O. The van der Waals surface area contributed by atoms with E-state index in [0.29, 0.717) is 18.2 Å². The lowest BCUT2D eigenvalue weighted by Gasteiger charge is -2.24. The van der Waals surface area contributed by atoms with Crippen LogP contribution in [0.4, 0.5) is 11.4 Å². The molecule has 180 valence electrons. The van der Waals surface area contributed by atoms with Crippen LogP contribution in [0.2, 0.25) is 0 Å². The fourth-order valence-corrected chi connectivity index (χ4v) is 5.18. The lowest BCUT2D eigenvalue weighted by atomic mass is 9.98. The number of aliphatic imine (C=N–C) groups is 1. The van der Waals surface area contributed by atoms with Crippen LogP contribution in [0, 0.1) is 0 Å². The van der Waals surface area contributed by atoms with Crippen LogP contribution in [0.3, 0.4) is 0 Å². The van der Waals surface area contributed by atoms with Crippen molar-refractivity contribution in [1.29, 1.82) is 0 Å². The van der Waals surface area contributed by atoms with Gasteiger partial charge in [0.25, 0.3) is 0 Å². The molecule has 2 aromatic rings. The van der Waals surface area contributed by atoms with Gasteiger partial charge in [-0.3, -0.25) is 9.79 Å². The Labute approximate surface area is 219 Å². The third kappa shape index (κ3) is 5.24. The molecule has 3 aliphatic rings. The van der Waals surface area contributed by atoms with E-state index in [1.807, 2.05) is 11.9 Å². The normalized spacial score (nSPS) is 19.6. The van der Waals surface area contributed by atoms with Gasteiger partial charge in [-0.05, 0) is 42.2 Å². The Morgan fingerprint density at radius 3 is 2.56 bits per heavy atom. The van der Waals surface area contributed by atoms with Crippen molar-refractivity contribution < 1.29 is 4.79 Å². The standard InChI is InChI=1S/C27H33N5O.HI/c1-28-27(29-19-21-10-12-23(13-11-21)30-15-4-5-16-30)32-20-22(24-7-2-3-8-25(24)32)14-18-31-17-6-9-26(31)33;/h2-5,7-8,10-13,22H,6,9,14-20H2,1H3,(H,28,29);1H. The summed E-state index contributed by atoms with van der Waals surface area (Å²) in [6.07, 6.45) is 7.12. The number of hydrogen-bond acceptors (Lipinski definition) is 3. The summed E-state index contributed by atoms with van der Waals surface area (Å²) < 4.78 is 0. The van der Waals surface area contributed by atoms with Crippen LogP contribution in [-0.4, -0.2) is 56.5 Å². The highest BCUT2D eigenvalue weighted by Gasteiger charge is 2.32. The molecule has 0 bridgehead atoms. The number of amides is 1. The molecule has 0 aromatic heterocycles. The lowest BCUT2D eigenvalue weighted by molar-refractivity contribution is -0.127. The van der Waals surface area contributed by atoms with Crippen LogP contribution in [0.5, 0.6) is 0 Å². The van der Waals surface area contributed by atoms with E-state index in [1.165, 1.54) is 22.5 Å². The zero-order valence-corrected chi connectivity index (χ0v) is 22.2. The monoisotopic (exact) mass is 571 g/mol. The molecule has 34 heavy (non-hydrogen) atoms. The van der Waals surface area contributed by atoms with E-state index in [2.05, 4.69) is 80.8 Å². The van der Waals surface area contributed by atoms with Gasteiger partial charge in [-0.2, -0.15) is 0 Å². The first-order valence-electron chi connectivity index (χ1n) is 12.1. The molecule has 1 atom stereocenters. The van der Waals surface area contributed by atoms with Crippen molar-refractivity contribution in [3.8, 4) is 0 Å². The fourth-order valence-electron chi connectivity index (χ4n) is 5.18. The van der Waals surface area contributed by atoms with Gasteiger partial charge in [0.2, 0.25) is 5.91 Å². The van der Waals surface area contributed by atoms with Crippen LogP contribution in [-0.2, 0) is 11.3 Å². The Hall–Kier alpha value is -2.55. The molecule has 0 aliphatic carbocycles. The maximum Gasteiger partial charge on any atom is 0.222 e. The number of carbonyl (C=O) groups is 1. The number of anilines is 2. The van der Waals surface area contributed by atoms with Gasteiger partial charge in [0.05, 0.1) is 0 Å². The summed E-state index contributed by atoms with van der Waals surface area (Å²) in [5.74, 6) is 1.61. The molecule has 1 N–H and O–H groups in total. The van der Waals surface area contributed by atoms with Crippen LogP contribution in [0.15, 0.2) is 65.7 Å². The van der Waals surface area contributed by atoms with Crippen molar-refractivity contribution in [2.75, 3.05) is 49.6 Å². The highest BCUT2D eigenvalue weighted by atomic mass is 127. The first kappa shape index (κ1) is 24.6. The summed E-state index contributed by atoms with van der Waals surface area (Å²) >= 11 is 0. The van der Waals surface area contributed by atoms with Crippen LogP contribution >= 0.6 is 24.0 Å². The Morgan fingerprint density at radius 1 is 1.09 bits per heavy atom. The molecule has 3 aliphatic heterocycles. The number of fused-ring (bicyclic) bond motifs is 1. The van der Waals surface area contributed by atoms with Gasteiger partial charge in [0.15, 0.2) is 5.96 Å². The van der Waals surface area contributed by atoms with Gasteiger partial charge in [0, 0.05) is 70.0 Å². The molecule has 1 unspecified atom stereocenters. The molecule has 1 fully saturated rings. The molecule has 3 heterocycles. The van der Waals surface area contributed by atoms with Crippen molar-refractivity contribution in [1.82, 2.24) is 10.2 Å². The van der Waals surface area contributed by atoms with Gasteiger partial charge >= 0.3 is 0 Å². The summed E-state index contributed by atoms with van der Waals surface area (Å²) in [4.78, 5) is 23.3. The number of halogens is 1. The molecule has 1 saturated heterocycles. The fraction of sp³-hybridized carbons (Fsp3) is 0.407. The number of nitrogens with zero attached hydrogens (tertiary/aromatic N) is 4. The predicted octanol–water partition coefficient (Wildman–Crippen LogP) is 4.37. The van der Waals surface area contributed by atoms with Crippen molar-refractivity contribution in [3.05, 3.63) is 71.8 Å². The van der Waals surface area contributed by atoms with E-state index in [0.717, 1.165) is 58.1 Å². The first-order chi connectivity index (χ1) is 16.2. The van der Waals surface area contributed by atoms with E-state index in [9.17, 15) is 4.79 Å². The Bertz CT molecular complexity index is 1040. The molecule has 0 saturated carbocycles. The van der Waals surface area contributed by atoms with E-state index in [-0.39, 0.29) is 24.0 Å². The average Bonchev–Trinajstić information content (AvgIpc) is 3.60. The first-order valence-corrected chi connectivity index (χ1v) is 12.1. The maximum absolute atomic E-state index is 12.0. The van der Waals surface area contributed by atoms with Crippen molar-refractivity contribution in [2.45, 2.75) is 31.7 Å². The molecule has 5 rings (SSSR count). The Morgan fingerprint density at radius 2 is 1.85 bits per heavy atom. The maximum atomic E-state index is 12.0.